The zero-order valence-electron chi connectivity index (χ0n) is 9.62. The van der Waals surface area contributed by atoms with E-state index in [9.17, 15) is 9.59 Å². The number of nitrogens with one attached hydrogen (secondary N) is 1. The van der Waals surface area contributed by atoms with Gasteiger partial charge in [-0.05, 0) is 6.92 Å². The van der Waals surface area contributed by atoms with Crippen LogP contribution in [-0.2, 0) is 16.6 Å². The van der Waals surface area contributed by atoms with E-state index >= 15 is 0 Å². The number of rotatable bonds is 5. The first-order valence-corrected chi connectivity index (χ1v) is 5.03. The summed E-state index contributed by atoms with van der Waals surface area (Å²) in [4.78, 5) is 21.9. The highest BCUT2D eigenvalue weighted by atomic mass is 16.4. The second-order valence-electron chi connectivity index (χ2n) is 3.73. The van der Waals surface area contributed by atoms with Gasteiger partial charge in [-0.3, -0.25) is 9.59 Å². The first-order valence-electron chi connectivity index (χ1n) is 5.03. The summed E-state index contributed by atoms with van der Waals surface area (Å²) in [5.41, 5.74) is 5.42. The number of amides is 1. The molecule has 8 nitrogen and oxygen atoms in total. The summed E-state index contributed by atoms with van der Waals surface area (Å²) in [6, 6.07) is -1.45. The fourth-order valence-electron chi connectivity index (χ4n) is 1.35. The Hall–Kier alpha value is -1.96. The van der Waals surface area contributed by atoms with Crippen LogP contribution in [0.25, 0.3) is 0 Å². The van der Waals surface area contributed by atoms with Crippen LogP contribution in [0, 0.1) is 0 Å². The summed E-state index contributed by atoms with van der Waals surface area (Å²) in [5.74, 6) is -1.07. The van der Waals surface area contributed by atoms with Crippen molar-refractivity contribution in [2.75, 3.05) is 0 Å². The van der Waals surface area contributed by atoms with E-state index < -0.39 is 24.3 Å². The first-order chi connectivity index (χ1) is 7.91. The summed E-state index contributed by atoms with van der Waals surface area (Å²) in [7, 11) is 1.75. The number of carbonyl (C=O) groups excluding carboxylic acids is 1. The molecule has 0 saturated carbocycles. The van der Waals surface area contributed by atoms with E-state index in [1.54, 1.807) is 18.5 Å². The Bertz CT molecular complexity index is 417. The zero-order chi connectivity index (χ0) is 13.0. The van der Waals surface area contributed by atoms with Crippen LogP contribution >= 0.6 is 0 Å². The molecule has 0 aliphatic heterocycles. The molecule has 0 aromatic carbocycles. The smallest absolute Gasteiger partial charge is 0.305 e. The molecule has 2 unspecified atom stereocenters. The highest BCUT2D eigenvalue weighted by Gasteiger charge is 2.20. The van der Waals surface area contributed by atoms with Crippen molar-refractivity contribution in [2.24, 2.45) is 12.8 Å². The molecule has 8 heteroatoms. The summed E-state index contributed by atoms with van der Waals surface area (Å²) < 4.78 is 1.66. The van der Waals surface area contributed by atoms with Gasteiger partial charge in [-0.25, -0.2) is 0 Å². The maximum absolute atomic E-state index is 11.5. The number of hydrogen-bond donors (Lipinski definition) is 3. The van der Waals surface area contributed by atoms with E-state index in [-0.39, 0.29) is 6.04 Å². The second-order valence-corrected chi connectivity index (χ2v) is 3.73. The number of aliphatic carboxylic acids is 1. The Morgan fingerprint density at radius 2 is 2.29 bits per heavy atom. The van der Waals surface area contributed by atoms with Gasteiger partial charge in [0.05, 0.1) is 18.5 Å². The third kappa shape index (κ3) is 3.52. The van der Waals surface area contributed by atoms with Gasteiger partial charge in [-0.2, -0.15) is 0 Å². The topological polar surface area (TPSA) is 123 Å². The van der Waals surface area contributed by atoms with Crippen LogP contribution < -0.4 is 11.1 Å². The summed E-state index contributed by atoms with van der Waals surface area (Å²) in [5, 5.41) is 18.6. The molecule has 0 fully saturated rings. The third-order valence-corrected chi connectivity index (χ3v) is 2.22. The van der Waals surface area contributed by atoms with Crippen molar-refractivity contribution in [3.05, 3.63) is 12.2 Å². The Morgan fingerprint density at radius 1 is 1.65 bits per heavy atom. The van der Waals surface area contributed by atoms with E-state index in [2.05, 4.69) is 15.5 Å². The lowest BCUT2D eigenvalue weighted by Gasteiger charge is -2.15. The molecule has 4 N–H and O–H groups in total. The predicted molar refractivity (Wildman–Crippen MR) is 57.8 cm³/mol. The van der Waals surface area contributed by atoms with E-state index in [0.717, 1.165) is 0 Å². The van der Waals surface area contributed by atoms with Crippen molar-refractivity contribution in [3.63, 3.8) is 0 Å². The van der Waals surface area contributed by atoms with Crippen LogP contribution in [0.2, 0.25) is 0 Å². The van der Waals surface area contributed by atoms with E-state index in [0.29, 0.717) is 5.82 Å². The van der Waals surface area contributed by atoms with Crippen molar-refractivity contribution < 1.29 is 14.7 Å². The average Bonchev–Trinajstić information content (AvgIpc) is 2.63. The van der Waals surface area contributed by atoms with Crippen molar-refractivity contribution in [1.82, 2.24) is 20.1 Å². The number of aromatic nitrogens is 3. The number of nitrogens with zero attached hydrogens (tertiary/aromatic N) is 3. The molecule has 1 rings (SSSR count). The van der Waals surface area contributed by atoms with Crippen LogP contribution in [0.3, 0.4) is 0 Å². The van der Waals surface area contributed by atoms with Gasteiger partial charge in [0.1, 0.15) is 6.33 Å². The number of carboxylic acid groups (broad SMARTS) is 1. The molecule has 0 radical (unpaired) electrons. The molecule has 1 heterocycles. The lowest BCUT2D eigenvalue weighted by Crippen LogP contribution is -2.43. The van der Waals surface area contributed by atoms with Crippen molar-refractivity contribution in [1.29, 1.82) is 0 Å². The molecule has 17 heavy (non-hydrogen) atoms. The Morgan fingerprint density at radius 3 is 2.76 bits per heavy atom. The Balaban J connectivity index is 2.57. The molecule has 1 amide bonds. The van der Waals surface area contributed by atoms with Gasteiger partial charge in [0.25, 0.3) is 0 Å². The van der Waals surface area contributed by atoms with Crippen LogP contribution in [0.4, 0.5) is 0 Å². The number of carboxylic acids is 1. The van der Waals surface area contributed by atoms with Crippen molar-refractivity contribution >= 4 is 11.9 Å². The van der Waals surface area contributed by atoms with E-state index in [1.165, 1.54) is 6.33 Å². The fourth-order valence-corrected chi connectivity index (χ4v) is 1.35. The van der Waals surface area contributed by atoms with Crippen LogP contribution in [0.1, 0.15) is 25.2 Å². The van der Waals surface area contributed by atoms with Crippen LogP contribution in [0.15, 0.2) is 6.33 Å². The lowest BCUT2D eigenvalue weighted by molar-refractivity contribution is -0.139. The molecule has 0 aliphatic carbocycles. The minimum atomic E-state index is -1.11. The molecule has 0 saturated heterocycles. The van der Waals surface area contributed by atoms with Gasteiger partial charge >= 0.3 is 5.97 Å². The fraction of sp³-hybridized carbons (Fsp3) is 0.556. The molecule has 0 bridgehead atoms. The van der Waals surface area contributed by atoms with Gasteiger partial charge in [-0.1, -0.05) is 0 Å². The van der Waals surface area contributed by atoms with Gasteiger partial charge in [0.15, 0.2) is 5.82 Å². The number of nitrogens with two attached hydrogens (primary N) is 1. The molecule has 94 valence electrons. The molecule has 2 atom stereocenters. The quantitative estimate of drug-likeness (QED) is 0.594. The highest BCUT2D eigenvalue weighted by Crippen LogP contribution is 2.07. The zero-order valence-corrected chi connectivity index (χ0v) is 9.62. The monoisotopic (exact) mass is 241 g/mol. The van der Waals surface area contributed by atoms with E-state index in [4.69, 9.17) is 10.8 Å². The van der Waals surface area contributed by atoms with Crippen LogP contribution in [0.5, 0.6) is 0 Å². The number of carbonyl (C=O) groups is 2. The molecule has 0 aliphatic rings. The maximum Gasteiger partial charge on any atom is 0.305 e. The van der Waals surface area contributed by atoms with Gasteiger partial charge in [-0.15, -0.1) is 10.2 Å². The minimum Gasteiger partial charge on any atom is -0.481 e. The maximum atomic E-state index is 11.5. The largest absolute Gasteiger partial charge is 0.481 e. The molecule has 0 spiro atoms. The summed E-state index contributed by atoms with van der Waals surface area (Å²) in [6.45, 7) is 1.72. The lowest BCUT2D eigenvalue weighted by atomic mass is 10.2. The third-order valence-electron chi connectivity index (χ3n) is 2.22. The molecular formula is C9H15N5O3. The SMILES string of the molecule is CC(NC(=O)C(N)CC(=O)O)c1nncn1C. The molecule has 1 aromatic rings. The highest BCUT2D eigenvalue weighted by molar-refractivity contribution is 5.86. The summed E-state index contributed by atoms with van der Waals surface area (Å²) >= 11 is 0. The molecule has 1 aromatic heterocycles. The van der Waals surface area contributed by atoms with E-state index in [1.807, 2.05) is 0 Å². The Labute approximate surface area is 97.8 Å². The first kappa shape index (κ1) is 13.1. The normalized spacial score (nSPS) is 14.1. The summed E-state index contributed by atoms with van der Waals surface area (Å²) in [6.07, 6.45) is 1.10. The number of aryl methyl sites for hydroxylation is 1. The second kappa shape index (κ2) is 5.39. The van der Waals surface area contributed by atoms with Gasteiger partial charge in [0.2, 0.25) is 5.91 Å². The predicted octanol–water partition coefficient (Wildman–Crippen LogP) is -1.21. The van der Waals surface area contributed by atoms with Crippen LogP contribution in [-0.4, -0.2) is 37.8 Å². The standard InChI is InChI=1S/C9H15N5O3/c1-5(8-13-11-4-14(8)2)12-9(17)6(10)3-7(15)16/h4-6H,3,10H2,1-2H3,(H,12,17)(H,15,16). The minimum absolute atomic E-state index is 0.380. The molecular weight excluding hydrogens is 226 g/mol. The van der Waals surface area contributed by atoms with Crippen molar-refractivity contribution in [3.8, 4) is 0 Å². The number of hydrogen-bond acceptors (Lipinski definition) is 5. The van der Waals surface area contributed by atoms with Gasteiger partial charge in [0, 0.05) is 7.05 Å². The average molecular weight is 241 g/mol. The Kier molecular flexibility index (Phi) is 4.16. The van der Waals surface area contributed by atoms with Gasteiger partial charge < -0.3 is 20.7 Å². The van der Waals surface area contributed by atoms with Crippen molar-refractivity contribution in [2.45, 2.75) is 25.4 Å².